The van der Waals surface area contributed by atoms with E-state index < -0.39 is 17.5 Å². The van der Waals surface area contributed by atoms with E-state index in [1.54, 1.807) is 0 Å². The smallest absolute Gasteiger partial charge is 0.203 e. The second-order valence-electron chi connectivity index (χ2n) is 10.6. The van der Waals surface area contributed by atoms with Crippen molar-refractivity contribution in [2.75, 3.05) is 13.2 Å². The van der Waals surface area contributed by atoms with Gasteiger partial charge in [0.05, 0.1) is 13.2 Å². The molecule has 218 valence electrons. The highest BCUT2D eigenvalue weighted by molar-refractivity contribution is 5.64. The normalized spacial score (nSPS) is 11.1. The molecular weight excluding hydrogens is 509 g/mol. The minimum atomic E-state index is -1.48. The van der Waals surface area contributed by atoms with Gasteiger partial charge in [-0.1, -0.05) is 95.2 Å². The molecule has 0 aliphatic heterocycles. The lowest BCUT2D eigenvalue weighted by Gasteiger charge is -2.14. The molecule has 0 saturated carbocycles. The molecule has 0 aromatic heterocycles. The number of unbranched alkanes of at least 4 members (excludes halogenated alkanes) is 8. The Morgan fingerprint density at radius 2 is 1.10 bits per heavy atom. The Morgan fingerprint density at radius 1 is 0.550 bits per heavy atom. The highest BCUT2D eigenvalue weighted by Gasteiger charge is 2.20. The van der Waals surface area contributed by atoms with Crippen molar-refractivity contribution in [3.63, 3.8) is 0 Å². The first kappa shape index (κ1) is 31.6. The summed E-state index contributed by atoms with van der Waals surface area (Å²) in [6, 6.07) is 17.9. The van der Waals surface area contributed by atoms with E-state index in [0.717, 1.165) is 43.1 Å². The van der Waals surface area contributed by atoms with Crippen molar-refractivity contribution in [3.8, 4) is 22.6 Å². The van der Waals surface area contributed by atoms with E-state index in [1.807, 2.05) is 12.1 Å². The van der Waals surface area contributed by atoms with Gasteiger partial charge in [-0.15, -0.1) is 0 Å². The third kappa shape index (κ3) is 10.2. The van der Waals surface area contributed by atoms with E-state index in [1.165, 1.54) is 49.7 Å². The quantitative estimate of drug-likeness (QED) is 0.108. The van der Waals surface area contributed by atoms with Gasteiger partial charge in [0, 0.05) is 5.56 Å². The zero-order chi connectivity index (χ0) is 28.6. The Morgan fingerprint density at radius 3 is 1.80 bits per heavy atom. The van der Waals surface area contributed by atoms with E-state index in [-0.39, 0.29) is 12.4 Å². The third-order valence-electron chi connectivity index (χ3n) is 7.26. The van der Waals surface area contributed by atoms with Crippen molar-refractivity contribution < 1.29 is 22.6 Å². The monoisotopic (exact) mass is 554 g/mol. The largest absolute Gasteiger partial charge is 0.494 e. The molecule has 0 amide bonds. The van der Waals surface area contributed by atoms with Crippen LogP contribution in [0.25, 0.3) is 11.1 Å². The zero-order valence-corrected chi connectivity index (χ0v) is 24.3. The molecule has 3 aromatic carbocycles. The highest BCUT2D eigenvalue weighted by Crippen LogP contribution is 2.29. The lowest BCUT2D eigenvalue weighted by molar-refractivity contribution is 0.278. The summed E-state index contributed by atoms with van der Waals surface area (Å²) in [6.45, 7) is 5.06. The standard InChI is InChI=1S/C35H45F3O2/c1-3-5-7-8-9-10-14-27-16-18-28(19-17-27)29-20-22-31(23-21-29)39-24-13-11-15-30-26-32(36)33(37)34(38)35(30)40-25-12-6-4-2/h16-23,26H,3-15,24-25H2,1-2H3. The first-order chi connectivity index (χ1) is 19.5. The Balaban J connectivity index is 1.42. The molecule has 2 nitrogen and oxygen atoms in total. The van der Waals surface area contributed by atoms with Crippen LogP contribution in [0.4, 0.5) is 13.2 Å². The summed E-state index contributed by atoms with van der Waals surface area (Å²) in [5, 5.41) is 0. The molecule has 0 N–H and O–H groups in total. The Kier molecular flexibility index (Phi) is 14.0. The second-order valence-corrected chi connectivity index (χ2v) is 10.6. The Bertz CT molecular complexity index is 1130. The number of hydrogen-bond donors (Lipinski definition) is 0. The zero-order valence-electron chi connectivity index (χ0n) is 24.3. The van der Waals surface area contributed by atoms with Crippen LogP contribution < -0.4 is 9.47 Å². The van der Waals surface area contributed by atoms with Gasteiger partial charge in [0.25, 0.3) is 0 Å². The fourth-order valence-corrected chi connectivity index (χ4v) is 4.82. The molecule has 0 bridgehead atoms. The molecule has 0 saturated heterocycles. The molecule has 3 rings (SSSR count). The predicted molar refractivity (Wildman–Crippen MR) is 159 cm³/mol. The van der Waals surface area contributed by atoms with E-state index >= 15 is 0 Å². The molecule has 0 fully saturated rings. The molecule has 0 spiro atoms. The minimum absolute atomic E-state index is 0.165. The SMILES string of the molecule is CCCCCCCCc1ccc(-c2ccc(OCCCCc3cc(F)c(F)c(F)c3OCCCCC)cc2)cc1. The van der Waals surface area contributed by atoms with Gasteiger partial charge in [0.15, 0.2) is 17.4 Å². The molecule has 0 heterocycles. The minimum Gasteiger partial charge on any atom is -0.494 e. The fraction of sp³-hybridized carbons (Fsp3) is 0.486. The summed E-state index contributed by atoms with van der Waals surface area (Å²) in [4.78, 5) is 0. The van der Waals surface area contributed by atoms with Crippen LogP contribution in [0.1, 0.15) is 95.6 Å². The lowest BCUT2D eigenvalue weighted by atomic mass is 10.0. The molecule has 0 radical (unpaired) electrons. The molecule has 0 aliphatic carbocycles. The van der Waals surface area contributed by atoms with E-state index in [2.05, 4.69) is 50.2 Å². The van der Waals surface area contributed by atoms with Gasteiger partial charge in [-0.25, -0.2) is 8.78 Å². The number of ether oxygens (including phenoxy) is 2. The predicted octanol–water partition coefficient (Wildman–Crippen LogP) is 10.6. The van der Waals surface area contributed by atoms with Crippen molar-refractivity contribution in [2.45, 2.75) is 97.3 Å². The van der Waals surface area contributed by atoms with Crippen LogP contribution >= 0.6 is 0 Å². The number of hydrogen-bond acceptors (Lipinski definition) is 2. The van der Waals surface area contributed by atoms with Crippen LogP contribution in [0.5, 0.6) is 11.5 Å². The molecular formula is C35H45F3O2. The summed E-state index contributed by atoms with van der Waals surface area (Å²) in [6.07, 6.45) is 13.4. The maximum absolute atomic E-state index is 14.3. The second kappa shape index (κ2) is 17.7. The molecule has 3 aromatic rings. The molecule has 0 unspecified atom stereocenters. The van der Waals surface area contributed by atoms with Gasteiger partial charge < -0.3 is 9.47 Å². The summed E-state index contributed by atoms with van der Waals surface area (Å²) in [5.74, 6) is -3.29. The van der Waals surface area contributed by atoms with Gasteiger partial charge in [-0.3, -0.25) is 0 Å². The molecule has 0 atom stereocenters. The van der Waals surface area contributed by atoms with Gasteiger partial charge in [0.1, 0.15) is 5.75 Å². The van der Waals surface area contributed by atoms with Crippen molar-refractivity contribution >= 4 is 0 Å². The molecule has 40 heavy (non-hydrogen) atoms. The van der Waals surface area contributed by atoms with E-state index in [4.69, 9.17) is 9.47 Å². The Hall–Kier alpha value is -2.95. The number of aryl methyl sites for hydroxylation is 2. The van der Waals surface area contributed by atoms with Crippen LogP contribution in [0, 0.1) is 17.5 Å². The van der Waals surface area contributed by atoms with Crippen molar-refractivity contribution in [3.05, 3.63) is 83.2 Å². The van der Waals surface area contributed by atoms with Crippen LogP contribution in [0.3, 0.4) is 0 Å². The van der Waals surface area contributed by atoms with Crippen LogP contribution in [0.2, 0.25) is 0 Å². The van der Waals surface area contributed by atoms with E-state index in [0.29, 0.717) is 31.4 Å². The summed E-state index contributed by atoms with van der Waals surface area (Å²) in [7, 11) is 0. The van der Waals surface area contributed by atoms with Gasteiger partial charge in [0.2, 0.25) is 5.82 Å². The van der Waals surface area contributed by atoms with Crippen LogP contribution in [-0.4, -0.2) is 13.2 Å². The first-order valence-electron chi connectivity index (χ1n) is 15.1. The van der Waals surface area contributed by atoms with Crippen molar-refractivity contribution in [1.29, 1.82) is 0 Å². The van der Waals surface area contributed by atoms with E-state index in [9.17, 15) is 13.2 Å². The average molecular weight is 555 g/mol. The van der Waals surface area contributed by atoms with Gasteiger partial charge in [-0.2, -0.15) is 4.39 Å². The molecule has 5 heteroatoms. The van der Waals surface area contributed by atoms with Crippen LogP contribution in [0.15, 0.2) is 54.6 Å². The number of benzene rings is 3. The maximum atomic E-state index is 14.3. The fourth-order valence-electron chi connectivity index (χ4n) is 4.82. The van der Waals surface area contributed by atoms with Crippen LogP contribution in [-0.2, 0) is 12.8 Å². The topological polar surface area (TPSA) is 18.5 Å². The van der Waals surface area contributed by atoms with Gasteiger partial charge >= 0.3 is 0 Å². The van der Waals surface area contributed by atoms with Crippen molar-refractivity contribution in [1.82, 2.24) is 0 Å². The van der Waals surface area contributed by atoms with Gasteiger partial charge in [-0.05, 0) is 73.4 Å². The highest BCUT2D eigenvalue weighted by atomic mass is 19.2. The summed E-state index contributed by atoms with van der Waals surface area (Å²) < 4.78 is 53.3. The maximum Gasteiger partial charge on any atom is 0.203 e. The Labute approximate surface area is 238 Å². The lowest BCUT2D eigenvalue weighted by Crippen LogP contribution is -2.07. The van der Waals surface area contributed by atoms with Crippen molar-refractivity contribution in [2.24, 2.45) is 0 Å². The summed E-state index contributed by atoms with van der Waals surface area (Å²) in [5.41, 5.74) is 4.07. The average Bonchev–Trinajstić information content (AvgIpc) is 2.97. The molecule has 0 aliphatic rings. The third-order valence-corrected chi connectivity index (χ3v) is 7.26. The number of rotatable bonds is 19. The summed E-state index contributed by atoms with van der Waals surface area (Å²) >= 11 is 0. The number of halogens is 3. The first-order valence-corrected chi connectivity index (χ1v) is 15.1.